The standard InChI is InChI=1S/C31H31NO3.ClH/c1-34-29-14-13-25(21-30(29)35-2)28(33)17-20-32-18-15-24(16-19-32)31-26-9-5-3-7-22(26)11-12-23-8-4-6-10-27(23)31;/h3-14,21H,15-20H2,1-2H3;1H. The summed E-state index contributed by atoms with van der Waals surface area (Å²) in [6, 6.07) is 22.8. The first-order valence-electron chi connectivity index (χ1n) is 12.2. The minimum absolute atomic E-state index is 0. The van der Waals surface area contributed by atoms with Crippen molar-refractivity contribution in [1.29, 1.82) is 0 Å². The number of carbonyl (C=O) groups excluding carboxylic acids is 1. The van der Waals surface area contributed by atoms with Gasteiger partial charge in [-0.05, 0) is 58.9 Å². The zero-order valence-electron chi connectivity index (χ0n) is 20.8. The Bertz CT molecular complexity index is 1250. The van der Waals surface area contributed by atoms with E-state index in [4.69, 9.17) is 9.47 Å². The molecule has 0 aromatic heterocycles. The number of Topliss-reactive ketones (excluding diaryl/α,β-unsaturated/α-hetero) is 1. The Morgan fingerprint density at radius 2 is 1.39 bits per heavy atom. The molecule has 186 valence electrons. The smallest absolute Gasteiger partial charge is 0.164 e. The van der Waals surface area contributed by atoms with Crippen LogP contribution < -0.4 is 9.47 Å². The summed E-state index contributed by atoms with van der Waals surface area (Å²) in [6.45, 7) is 2.70. The third kappa shape index (κ3) is 5.25. The molecule has 0 N–H and O–H groups in total. The molecule has 4 nitrogen and oxygen atoms in total. The van der Waals surface area contributed by atoms with Crippen LogP contribution in [0.1, 0.15) is 51.9 Å². The molecular weight excluding hydrogens is 470 g/mol. The number of carbonyl (C=O) groups is 1. The van der Waals surface area contributed by atoms with Crippen LogP contribution >= 0.6 is 12.4 Å². The molecule has 5 rings (SSSR count). The van der Waals surface area contributed by atoms with Crippen LogP contribution in [0.5, 0.6) is 11.5 Å². The maximum atomic E-state index is 12.8. The lowest BCUT2D eigenvalue weighted by Gasteiger charge is -2.30. The van der Waals surface area contributed by atoms with Gasteiger partial charge in [0.15, 0.2) is 17.3 Å². The van der Waals surface area contributed by atoms with E-state index < -0.39 is 0 Å². The first kappa shape index (κ1) is 25.7. The second-order valence-corrected chi connectivity index (χ2v) is 9.07. The van der Waals surface area contributed by atoms with Crippen molar-refractivity contribution >= 4 is 35.9 Å². The molecule has 0 atom stereocenters. The Morgan fingerprint density at radius 1 is 0.806 bits per heavy atom. The van der Waals surface area contributed by atoms with Gasteiger partial charge < -0.3 is 14.4 Å². The lowest BCUT2D eigenvalue weighted by atomic mass is 9.86. The van der Waals surface area contributed by atoms with Gasteiger partial charge in [-0.3, -0.25) is 4.79 Å². The van der Waals surface area contributed by atoms with E-state index in [0.717, 1.165) is 32.5 Å². The number of fused-ring (bicyclic) bond motifs is 2. The van der Waals surface area contributed by atoms with E-state index in [2.05, 4.69) is 65.6 Å². The fraction of sp³-hybridized carbons (Fsp3) is 0.258. The maximum absolute atomic E-state index is 12.8. The fourth-order valence-electron chi connectivity index (χ4n) is 5.16. The van der Waals surface area contributed by atoms with Gasteiger partial charge in [0.2, 0.25) is 0 Å². The van der Waals surface area contributed by atoms with Crippen molar-refractivity contribution in [3.63, 3.8) is 0 Å². The molecule has 2 aliphatic rings. The van der Waals surface area contributed by atoms with Crippen LogP contribution in [0.25, 0.3) is 17.7 Å². The van der Waals surface area contributed by atoms with E-state index in [0.29, 0.717) is 23.5 Å². The molecule has 0 amide bonds. The second-order valence-electron chi connectivity index (χ2n) is 9.07. The van der Waals surface area contributed by atoms with E-state index in [-0.39, 0.29) is 18.2 Å². The van der Waals surface area contributed by atoms with Crippen LogP contribution in [-0.2, 0) is 0 Å². The number of likely N-dealkylation sites (tertiary alicyclic amines) is 1. The first-order valence-corrected chi connectivity index (χ1v) is 12.2. The van der Waals surface area contributed by atoms with Crippen molar-refractivity contribution in [2.75, 3.05) is 33.9 Å². The van der Waals surface area contributed by atoms with Gasteiger partial charge in [0.25, 0.3) is 0 Å². The molecule has 5 heteroatoms. The number of benzene rings is 3. The van der Waals surface area contributed by atoms with Gasteiger partial charge in [-0.25, -0.2) is 0 Å². The lowest BCUT2D eigenvalue weighted by molar-refractivity contribution is 0.0962. The molecule has 0 radical (unpaired) electrons. The van der Waals surface area contributed by atoms with E-state index in [9.17, 15) is 4.79 Å². The predicted octanol–water partition coefficient (Wildman–Crippen LogP) is 6.78. The summed E-state index contributed by atoms with van der Waals surface area (Å²) < 4.78 is 10.6. The monoisotopic (exact) mass is 501 g/mol. The summed E-state index contributed by atoms with van der Waals surface area (Å²) in [7, 11) is 3.19. The molecule has 0 bridgehead atoms. The Morgan fingerprint density at radius 3 is 1.97 bits per heavy atom. The number of piperidine rings is 1. The Kier molecular flexibility index (Phi) is 8.29. The van der Waals surface area contributed by atoms with Crippen molar-refractivity contribution in [1.82, 2.24) is 4.90 Å². The Balaban J connectivity index is 0.00000304. The highest BCUT2D eigenvalue weighted by atomic mass is 35.5. The van der Waals surface area contributed by atoms with Crippen LogP contribution in [-0.4, -0.2) is 44.5 Å². The fourth-order valence-corrected chi connectivity index (χ4v) is 5.16. The highest BCUT2D eigenvalue weighted by molar-refractivity contribution is 5.97. The number of ketones is 1. The summed E-state index contributed by atoms with van der Waals surface area (Å²) in [4.78, 5) is 15.3. The molecule has 3 aromatic rings. The molecule has 0 unspecified atom stereocenters. The minimum Gasteiger partial charge on any atom is -0.493 e. The molecule has 1 fully saturated rings. The van der Waals surface area contributed by atoms with Gasteiger partial charge in [-0.15, -0.1) is 12.4 Å². The molecule has 3 aromatic carbocycles. The van der Waals surface area contributed by atoms with Crippen LogP contribution in [0, 0.1) is 0 Å². The largest absolute Gasteiger partial charge is 0.493 e. The van der Waals surface area contributed by atoms with Gasteiger partial charge in [0.05, 0.1) is 14.2 Å². The molecule has 0 spiro atoms. The number of ether oxygens (including phenoxy) is 2. The summed E-state index contributed by atoms with van der Waals surface area (Å²) >= 11 is 0. The average Bonchev–Trinajstić information content (AvgIpc) is 3.08. The molecule has 36 heavy (non-hydrogen) atoms. The van der Waals surface area contributed by atoms with E-state index in [1.54, 1.807) is 26.4 Å². The van der Waals surface area contributed by atoms with Gasteiger partial charge >= 0.3 is 0 Å². The van der Waals surface area contributed by atoms with Gasteiger partial charge in [-0.1, -0.05) is 66.3 Å². The van der Waals surface area contributed by atoms with Gasteiger partial charge in [0, 0.05) is 31.6 Å². The molecule has 1 saturated heterocycles. The molecule has 1 aliphatic carbocycles. The van der Waals surface area contributed by atoms with Crippen LogP contribution in [0.2, 0.25) is 0 Å². The third-order valence-electron chi connectivity index (χ3n) is 7.08. The number of hydrogen-bond donors (Lipinski definition) is 0. The van der Waals surface area contributed by atoms with E-state index >= 15 is 0 Å². The van der Waals surface area contributed by atoms with Gasteiger partial charge in [0.1, 0.15) is 0 Å². The second kappa shape index (κ2) is 11.6. The van der Waals surface area contributed by atoms with Crippen LogP contribution in [0.3, 0.4) is 0 Å². The van der Waals surface area contributed by atoms with E-state index in [1.165, 1.54) is 33.4 Å². The number of methoxy groups -OCH3 is 2. The maximum Gasteiger partial charge on any atom is 0.164 e. The summed E-state index contributed by atoms with van der Waals surface area (Å²) in [5.41, 5.74) is 8.75. The van der Waals surface area contributed by atoms with Crippen molar-refractivity contribution in [3.05, 3.63) is 100 Å². The Hall–Kier alpha value is -3.34. The molecule has 0 saturated carbocycles. The zero-order chi connectivity index (χ0) is 24.2. The van der Waals surface area contributed by atoms with Crippen molar-refractivity contribution in [2.24, 2.45) is 0 Å². The highest BCUT2D eigenvalue weighted by Crippen LogP contribution is 2.38. The topological polar surface area (TPSA) is 38.8 Å². The van der Waals surface area contributed by atoms with Crippen molar-refractivity contribution in [3.8, 4) is 11.5 Å². The first-order chi connectivity index (χ1) is 17.2. The van der Waals surface area contributed by atoms with Crippen LogP contribution in [0.4, 0.5) is 0 Å². The lowest BCUT2D eigenvalue weighted by Crippen LogP contribution is -2.33. The molecular formula is C31H32ClNO3. The normalized spacial score (nSPS) is 14.8. The summed E-state index contributed by atoms with van der Waals surface area (Å²) in [5, 5.41) is 0. The SMILES string of the molecule is COc1ccc(C(=O)CCN2CCC(=C3c4ccccc4C=Cc4ccccc43)CC2)cc1OC.Cl. The average molecular weight is 502 g/mol. The highest BCUT2D eigenvalue weighted by Gasteiger charge is 2.23. The molecule has 1 heterocycles. The quantitative estimate of drug-likeness (QED) is 0.273. The van der Waals surface area contributed by atoms with E-state index in [1.807, 2.05) is 6.07 Å². The minimum atomic E-state index is 0. The summed E-state index contributed by atoms with van der Waals surface area (Å²) in [5.74, 6) is 1.36. The van der Waals surface area contributed by atoms with Gasteiger partial charge in [-0.2, -0.15) is 0 Å². The predicted molar refractivity (Wildman–Crippen MR) is 149 cm³/mol. The van der Waals surface area contributed by atoms with Crippen molar-refractivity contribution in [2.45, 2.75) is 19.3 Å². The van der Waals surface area contributed by atoms with Crippen molar-refractivity contribution < 1.29 is 14.3 Å². The Labute approximate surface area is 219 Å². The molecule has 1 aliphatic heterocycles. The number of nitrogens with zero attached hydrogens (tertiary/aromatic N) is 1. The number of rotatable bonds is 6. The summed E-state index contributed by atoms with van der Waals surface area (Å²) in [6.07, 6.45) is 7.00. The van der Waals surface area contributed by atoms with Crippen LogP contribution in [0.15, 0.2) is 72.3 Å². The third-order valence-corrected chi connectivity index (χ3v) is 7.08. The number of hydrogen-bond acceptors (Lipinski definition) is 4. The number of halogens is 1. The zero-order valence-corrected chi connectivity index (χ0v) is 21.6.